The minimum atomic E-state index is 0.129. The molecule has 2 N–H and O–H groups in total. The average molecular weight is 234 g/mol. The van der Waals surface area contributed by atoms with Crippen LogP contribution >= 0.6 is 0 Å². The van der Waals surface area contributed by atoms with E-state index in [0.717, 1.165) is 38.4 Å². The Morgan fingerprint density at radius 1 is 1.35 bits per heavy atom. The normalized spacial score (nSPS) is 19.4. The van der Waals surface area contributed by atoms with Crippen LogP contribution in [0.25, 0.3) is 0 Å². The van der Waals surface area contributed by atoms with Crippen LogP contribution in [0.5, 0.6) is 0 Å². The van der Waals surface area contributed by atoms with Crippen LogP contribution in [0.1, 0.15) is 24.9 Å². The van der Waals surface area contributed by atoms with E-state index in [4.69, 9.17) is 5.73 Å². The van der Waals surface area contributed by atoms with Crippen LogP contribution in [0, 0.1) is 0 Å². The number of likely N-dealkylation sites (N-methyl/N-ethyl adjacent to an activating group) is 1. The minimum Gasteiger partial charge on any atom is -0.354 e. The molecule has 1 saturated heterocycles. The summed E-state index contributed by atoms with van der Waals surface area (Å²) in [5.74, 6) is 1.07. The number of nitrogens with two attached hydrogens (primary N) is 1. The van der Waals surface area contributed by atoms with Crippen molar-refractivity contribution >= 4 is 5.82 Å². The molecular formula is C13H22N4. The molecule has 4 heteroatoms. The zero-order valence-corrected chi connectivity index (χ0v) is 10.8. The summed E-state index contributed by atoms with van der Waals surface area (Å²) in [6, 6.07) is 4.29. The lowest BCUT2D eigenvalue weighted by Gasteiger charge is -2.33. The quantitative estimate of drug-likeness (QED) is 0.855. The van der Waals surface area contributed by atoms with Gasteiger partial charge in [-0.2, -0.15) is 0 Å². The van der Waals surface area contributed by atoms with Crippen LogP contribution in [0.2, 0.25) is 0 Å². The van der Waals surface area contributed by atoms with Crippen molar-refractivity contribution in [3.8, 4) is 0 Å². The van der Waals surface area contributed by atoms with Gasteiger partial charge in [-0.3, -0.25) is 0 Å². The molecule has 2 rings (SSSR count). The van der Waals surface area contributed by atoms with Crippen molar-refractivity contribution in [2.75, 3.05) is 38.1 Å². The molecule has 0 amide bonds. The largest absolute Gasteiger partial charge is 0.354 e. The Hall–Kier alpha value is -1.13. The fourth-order valence-electron chi connectivity index (χ4n) is 2.11. The third-order valence-corrected chi connectivity index (χ3v) is 3.46. The van der Waals surface area contributed by atoms with Gasteiger partial charge in [0.05, 0.1) is 0 Å². The second-order valence-electron chi connectivity index (χ2n) is 4.75. The summed E-state index contributed by atoms with van der Waals surface area (Å²) < 4.78 is 0. The summed E-state index contributed by atoms with van der Waals surface area (Å²) >= 11 is 0. The van der Waals surface area contributed by atoms with Gasteiger partial charge in [-0.1, -0.05) is 6.92 Å². The van der Waals surface area contributed by atoms with E-state index < -0.39 is 0 Å². The highest BCUT2D eigenvalue weighted by molar-refractivity contribution is 5.42. The fraction of sp³-hybridized carbons (Fsp3) is 0.615. The Bertz CT molecular complexity index is 358. The molecule has 0 unspecified atom stereocenters. The first kappa shape index (κ1) is 12.3. The highest BCUT2D eigenvalue weighted by Gasteiger charge is 2.16. The van der Waals surface area contributed by atoms with Gasteiger partial charge in [-0.15, -0.1) is 0 Å². The van der Waals surface area contributed by atoms with E-state index in [-0.39, 0.29) is 6.04 Å². The van der Waals surface area contributed by atoms with Crippen molar-refractivity contribution in [3.63, 3.8) is 0 Å². The van der Waals surface area contributed by atoms with E-state index in [0.29, 0.717) is 0 Å². The number of aromatic nitrogens is 1. The zero-order valence-electron chi connectivity index (χ0n) is 10.8. The van der Waals surface area contributed by atoms with Crippen molar-refractivity contribution in [3.05, 3.63) is 23.9 Å². The molecule has 1 aliphatic heterocycles. The predicted octanol–water partition coefficient (Wildman–Crippen LogP) is 1.24. The molecule has 0 saturated carbocycles. The predicted molar refractivity (Wildman–Crippen MR) is 71.2 cm³/mol. The monoisotopic (exact) mass is 234 g/mol. The van der Waals surface area contributed by atoms with Gasteiger partial charge in [-0.05, 0) is 31.2 Å². The molecule has 2 heterocycles. The van der Waals surface area contributed by atoms with Crippen molar-refractivity contribution in [2.45, 2.75) is 19.4 Å². The molecule has 1 aliphatic rings. The molecule has 0 bridgehead atoms. The Morgan fingerprint density at radius 2 is 2.06 bits per heavy atom. The van der Waals surface area contributed by atoms with E-state index in [1.807, 2.05) is 12.3 Å². The molecule has 4 nitrogen and oxygen atoms in total. The summed E-state index contributed by atoms with van der Waals surface area (Å²) in [7, 11) is 2.16. The smallest absolute Gasteiger partial charge is 0.128 e. The van der Waals surface area contributed by atoms with Crippen molar-refractivity contribution in [1.29, 1.82) is 0 Å². The van der Waals surface area contributed by atoms with Crippen LogP contribution in [0.3, 0.4) is 0 Å². The third kappa shape index (κ3) is 2.96. The van der Waals surface area contributed by atoms with Gasteiger partial charge in [0.25, 0.3) is 0 Å². The topological polar surface area (TPSA) is 45.4 Å². The van der Waals surface area contributed by atoms with Gasteiger partial charge in [0.2, 0.25) is 0 Å². The van der Waals surface area contributed by atoms with E-state index in [2.05, 4.69) is 34.8 Å². The molecule has 17 heavy (non-hydrogen) atoms. The van der Waals surface area contributed by atoms with Gasteiger partial charge < -0.3 is 15.5 Å². The van der Waals surface area contributed by atoms with E-state index >= 15 is 0 Å². The Kier molecular flexibility index (Phi) is 3.97. The Morgan fingerprint density at radius 3 is 2.71 bits per heavy atom. The molecule has 0 radical (unpaired) electrons. The lowest BCUT2D eigenvalue weighted by Crippen LogP contribution is -2.44. The maximum atomic E-state index is 6.06. The van der Waals surface area contributed by atoms with Gasteiger partial charge in [0.15, 0.2) is 0 Å². The lowest BCUT2D eigenvalue weighted by molar-refractivity contribution is 0.312. The molecule has 1 fully saturated rings. The number of anilines is 1. The Balaban J connectivity index is 2.10. The standard InChI is InChI=1S/C13H22N4/c1-3-12(14)11-4-5-15-13(10-11)17-8-6-16(2)7-9-17/h4-5,10,12H,3,6-9,14H2,1-2H3/t12-/m0/s1. The second-order valence-corrected chi connectivity index (χ2v) is 4.75. The van der Waals surface area contributed by atoms with Crippen LogP contribution < -0.4 is 10.6 Å². The average Bonchev–Trinajstić information content (AvgIpc) is 2.39. The van der Waals surface area contributed by atoms with Crippen molar-refractivity contribution in [1.82, 2.24) is 9.88 Å². The maximum Gasteiger partial charge on any atom is 0.128 e. The number of nitrogens with zero attached hydrogens (tertiary/aromatic N) is 3. The first-order chi connectivity index (χ1) is 8.20. The summed E-state index contributed by atoms with van der Waals surface area (Å²) in [4.78, 5) is 9.14. The van der Waals surface area contributed by atoms with Crippen LogP contribution in [0.15, 0.2) is 18.3 Å². The fourth-order valence-corrected chi connectivity index (χ4v) is 2.11. The van der Waals surface area contributed by atoms with Crippen molar-refractivity contribution < 1.29 is 0 Å². The SMILES string of the molecule is CC[C@H](N)c1ccnc(N2CCN(C)CC2)c1. The summed E-state index contributed by atoms with van der Waals surface area (Å²) in [6.07, 6.45) is 2.84. The van der Waals surface area contributed by atoms with E-state index in [1.54, 1.807) is 0 Å². The summed E-state index contributed by atoms with van der Waals surface area (Å²) in [5.41, 5.74) is 7.25. The first-order valence-corrected chi connectivity index (χ1v) is 6.35. The Labute approximate surface area is 103 Å². The molecule has 94 valence electrons. The summed E-state index contributed by atoms with van der Waals surface area (Å²) in [5, 5.41) is 0. The van der Waals surface area contributed by atoms with Crippen LogP contribution in [-0.4, -0.2) is 43.1 Å². The molecule has 0 spiro atoms. The molecule has 1 atom stereocenters. The highest BCUT2D eigenvalue weighted by Crippen LogP contribution is 2.19. The molecular weight excluding hydrogens is 212 g/mol. The van der Waals surface area contributed by atoms with Gasteiger partial charge in [0.1, 0.15) is 5.82 Å². The number of hydrogen-bond acceptors (Lipinski definition) is 4. The first-order valence-electron chi connectivity index (χ1n) is 6.35. The van der Waals surface area contributed by atoms with Crippen LogP contribution in [0.4, 0.5) is 5.82 Å². The third-order valence-electron chi connectivity index (χ3n) is 3.46. The number of pyridine rings is 1. The van der Waals surface area contributed by atoms with E-state index in [9.17, 15) is 0 Å². The zero-order chi connectivity index (χ0) is 12.3. The van der Waals surface area contributed by atoms with Crippen molar-refractivity contribution in [2.24, 2.45) is 5.73 Å². The maximum absolute atomic E-state index is 6.06. The van der Waals surface area contributed by atoms with Gasteiger partial charge in [-0.25, -0.2) is 4.98 Å². The number of rotatable bonds is 3. The molecule has 0 aliphatic carbocycles. The number of hydrogen-bond donors (Lipinski definition) is 1. The molecule has 0 aromatic carbocycles. The molecule has 1 aromatic rings. The minimum absolute atomic E-state index is 0.129. The number of piperazine rings is 1. The summed E-state index contributed by atoms with van der Waals surface area (Å²) in [6.45, 7) is 6.42. The van der Waals surface area contributed by atoms with Gasteiger partial charge >= 0.3 is 0 Å². The van der Waals surface area contributed by atoms with Crippen LogP contribution in [-0.2, 0) is 0 Å². The van der Waals surface area contributed by atoms with Gasteiger partial charge in [0, 0.05) is 38.4 Å². The van der Waals surface area contributed by atoms with E-state index in [1.165, 1.54) is 5.56 Å². The molecule has 1 aromatic heterocycles. The lowest BCUT2D eigenvalue weighted by atomic mass is 10.1. The second kappa shape index (κ2) is 5.47. The highest BCUT2D eigenvalue weighted by atomic mass is 15.3.